The molecule has 3 N–H and O–H groups in total. The molecule has 0 saturated heterocycles. The van der Waals surface area contributed by atoms with E-state index in [4.69, 9.17) is 10.2 Å². The maximum absolute atomic E-state index is 11.2. The second-order valence-electron chi connectivity index (χ2n) is 4.67. The van der Waals surface area contributed by atoms with Gasteiger partial charge in [0.1, 0.15) is 0 Å². The number of hydrogen-bond acceptors (Lipinski definition) is 5. The van der Waals surface area contributed by atoms with E-state index in [1.807, 2.05) is 13.1 Å². The van der Waals surface area contributed by atoms with Gasteiger partial charge in [-0.25, -0.2) is 4.79 Å². The molecule has 0 saturated carbocycles. The average molecular weight is 289 g/mol. The van der Waals surface area contributed by atoms with Gasteiger partial charge in [-0.3, -0.25) is 4.98 Å². The first-order chi connectivity index (χ1) is 9.63. The SMILES string of the molecule is CN(CCc1cccs1)c1cc2[nH]c(=O)oc2cc1N. The van der Waals surface area contributed by atoms with Crippen molar-refractivity contribution in [3.63, 3.8) is 0 Å². The van der Waals surface area contributed by atoms with Crippen LogP contribution in [-0.4, -0.2) is 18.6 Å². The van der Waals surface area contributed by atoms with Crippen LogP contribution in [0, 0.1) is 0 Å². The summed E-state index contributed by atoms with van der Waals surface area (Å²) in [6.07, 6.45) is 0.966. The Hall–Kier alpha value is -2.21. The summed E-state index contributed by atoms with van der Waals surface area (Å²) in [6.45, 7) is 0.859. The molecule has 0 aliphatic carbocycles. The monoisotopic (exact) mass is 289 g/mol. The number of aromatic amines is 1. The fraction of sp³-hybridized carbons (Fsp3) is 0.214. The third-order valence-electron chi connectivity index (χ3n) is 3.25. The number of nitrogen functional groups attached to an aromatic ring is 1. The Morgan fingerprint density at radius 1 is 1.45 bits per heavy atom. The topological polar surface area (TPSA) is 75.3 Å². The highest BCUT2D eigenvalue weighted by molar-refractivity contribution is 7.09. The van der Waals surface area contributed by atoms with Gasteiger partial charge in [0.2, 0.25) is 0 Å². The summed E-state index contributed by atoms with van der Waals surface area (Å²) in [5.74, 6) is -0.460. The molecule has 3 rings (SSSR count). The molecule has 0 atom stereocenters. The lowest BCUT2D eigenvalue weighted by Gasteiger charge is -2.20. The second kappa shape index (κ2) is 5.05. The first-order valence-electron chi connectivity index (χ1n) is 6.29. The number of nitrogens with one attached hydrogen (secondary N) is 1. The lowest BCUT2D eigenvalue weighted by Crippen LogP contribution is -2.21. The first-order valence-corrected chi connectivity index (χ1v) is 7.17. The van der Waals surface area contributed by atoms with E-state index in [2.05, 4.69) is 27.4 Å². The number of thiophene rings is 1. The molecule has 20 heavy (non-hydrogen) atoms. The van der Waals surface area contributed by atoms with Gasteiger partial charge in [0.05, 0.1) is 16.9 Å². The fourth-order valence-corrected chi connectivity index (χ4v) is 2.88. The van der Waals surface area contributed by atoms with Crippen LogP contribution in [0.1, 0.15) is 4.88 Å². The molecule has 0 aliphatic heterocycles. The van der Waals surface area contributed by atoms with Crippen LogP contribution >= 0.6 is 11.3 Å². The van der Waals surface area contributed by atoms with E-state index >= 15 is 0 Å². The third-order valence-corrected chi connectivity index (χ3v) is 4.19. The largest absolute Gasteiger partial charge is 0.417 e. The molecule has 0 radical (unpaired) electrons. The molecule has 2 heterocycles. The predicted molar refractivity (Wildman–Crippen MR) is 82.5 cm³/mol. The minimum Gasteiger partial charge on any atom is -0.408 e. The highest BCUT2D eigenvalue weighted by atomic mass is 32.1. The van der Waals surface area contributed by atoms with Gasteiger partial charge in [-0.2, -0.15) is 0 Å². The Morgan fingerprint density at radius 2 is 2.30 bits per heavy atom. The molecule has 6 heteroatoms. The zero-order valence-electron chi connectivity index (χ0n) is 11.1. The van der Waals surface area contributed by atoms with Crippen LogP contribution in [-0.2, 0) is 6.42 Å². The maximum atomic E-state index is 11.2. The molecule has 2 aromatic heterocycles. The molecule has 0 unspecified atom stereocenters. The zero-order valence-corrected chi connectivity index (χ0v) is 11.9. The number of rotatable bonds is 4. The lowest BCUT2D eigenvalue weighted by atomic mass is 10.2. The number of hydrogen-bond donors (Lipinski definition) is 2. The van der Waals surface area contributed by atoms with Gasteiger partial charge >= 0.3 is 5.76 Å². The Labute approximate surface area is 119 Å². The summed E-state index contributed by atoms with van der Waals surface area (Å²) >= 11 is 1.75. The van der Waals surface area contributed by atoms with E-state index in [1.54, 1.807) is 17.4 Å². The van der Waals surface area contributed by atoms with E-state index in [-0.39, 0.29) is 0 Å². The van der Waals surface area contributed by atoms with Crippen LogP contribution in [0.25, 0.3) is 11.1 Å². The number of H-pyrrole nitrogens is 1. The number of benzene rings is 1. The summed E-state index contributed by atoms with van der Waals surface area (Å²) in [4.78, 5) is 17.3. The number of fused-ring (bicyclic) bond motifs is 1. The smallest absolute Gasteiger partial charge is 0.408 e. The highest BCUT2D eigenvalue weighted by Gasteiger charge is 2.10. The Morgan fingerprint density at radius 3 is 3.05 bits per heavy atom. The van der Waals surface area contributed by atoms with Crippen molar-refractivity contribution in [2.75, 3.05) is 24.2 Å². The normalized spacial score (nSPS) is 11.1. The van der Waals surface area contributed by atoms with Crippen LogP contribution in [0.5, 0.6) is 0 Å². The molecule has 0 spiro atoms. The summed E-state index contributed by atoms with van der Waals surface area (Å²) < 4.78 is 4.99. The van der Waals surface area contributed by atoms with E-state index in [9.17, 15) is 4.79 Å². The molecule has 0 bridgehead atoms. The third kappa shape index (κ3) is 2.42. The van der Waals surface area contributed by atoms with E-state index in [0.717, 1.165) is 18.7 Å². The molecule has 3 aromatic rings. The van der Waals surface area contributed by atoms with Crippen LogP contribution in [0.4, 0.5) is 11.4 Å². The molecule has 104 valence electrons. The standard InChI is InChI=1S/C14H15N3O2S/c1-17(5-4-9-3-2-6-20-9)12-8-11-13(7-10(12)15)19-14(18)16-11/h2-3,6-8H,4-5,15H2,1H3,(H,16,18). The minimum atomic E-state index is -0.460. The van der Waals surface area contributed by atoms with Gasteiger partial charge in [-0.1, -0.05) is 6.07 Å². The predicted octanol–water partition coefficient (Wildman–Crippen LogP) is 2.44. The van der Waals surface area contributed by atoms with Crippen molar-refractivity contribution in [2.45, 2.75) is 6.42 Å². The highest BCUT2D eigenvalue weighted by Crippen LogP contribution is 2.27. The molecule has 0 amide bonds. The van der Waals surface area contributed by atoms with Crippen LogP contribution in [0.2, 0.25) is 0 Å². The van der Waals surface area contributed by atoms with Gasteiger partial charge in [0, 0.05) is 24.5 Å². The summed E-state index contributed by atoms with van der Waals surface area (Å²) in [7, 11) is 1.99. The number of likely N-dealkylation sites (N-methyl/N-ethyl adjacent to an activating group) is 1. The van der Waals surface area contributed by atoms with Gasteiger partial charge < -0.3 is 15.1 Å². The van der Waals surface area contributed by atoms with E-state index in [0.29, 0.717) is 16.8 Å². The molecule has 0 fully saturated rings. The molecular formula is C14H15N3O2S. The summed E-state index contributed by atoms with van der Waals surface area (Å²) in [6, 6.07) is 7.71. The van der Waals surface area contributed by atoms with E-state index in [1.165, 1.54) is 4.88 Å². The van der Waals surface area contributed by atoms with Gasteiger partial charge in [0.25, 0.3) is 0 Å². The maximum Gasteiger partial charge on any atom is 0.417 e. The Balaban J connectivity index is 1.84. The van der Waals surface area contributed by atoms with Crippen molar-refractivity contribution in [1.29, 1.82) is 0 Å². The number of aromatic nitrogens is 1. The van der Waals surface area contributed by atoms with Crippen LogP contribution in [0.15, 0.2) is 38.9 Å². The fourth-order valence-electron chi connectivity index (χ4n) is 2.19. The van der Waals surface area contributed by atoms with Crippen molar-refractivity contribution >= 4 is 33.8 Å². The second-order valence-corrected chi connectivity index (χ2v) is 5.70. The first kappa shape index (κ1) is 12.8. The van der Waals surface area contributed by atoms with Gasteiger partial charge in [-0.15, -0.1) is 11.3 Å². The van der Waals surface area contributed by atoms with Gasteiger partial charge in [0.15, 0.2) is 5.58 Å². The van der Waals surface area contributed by atoms with E-state index < -0.39 is 5.76 Å². The number of nitrogens with two attached hydrogens (primary N) is 1. The van der Waals surface area contributed by atoms with Crippen molar-refractivity contribution in [3.05, 3.63) is 45.1 Å². The molecule has 5 nitrogen and oxygen atoms in total. The number of nitrogens with zero attached hydrogens (tertiary/aromatic N) is 1. The molecule has 1 aromatic carbocycles. The van der Waals surface area contributed by atoms with Crippen LogP contribution in [0.3, 0.4) is 0 Å². The zero-order chi connectivity index (χ0) is 14.1. The molecular weight excluding hydrogens is 274 g/mol. The van der Waals surface area contributed by atoms with Crippen molar-refractivity contribution < 1.29 is 4.42 Å². The minimum absolute atomic E-state index is 0.460. The summed E-state index contributed by atoms with van der Waals surface area (Å²) in [5.41, 5.74) is 8.69. The number of oxazole rings is 1. The Kier molecular flexibility index (Phi) is 3.23. The summed E-state index contributed by atoms with van der Waals surface area (Å²) in [5, 5.41) is 2.08. The van der Waals surface area contributed by atoms with Gasteiger partial charge in [-0.05, 0) is 23.9 Å². The van der Waals surface area contributed by atoms with Crippen LogP contribution < -0.4 is 16.4 Å². The van der Waals surface area contributed by atoms with Crippen molar-refractivity contribution in [3.8, 4) is 0 Å². The van der Waals surface area contributed by atoms with Crippen molar-refractivity contribution in [2.24, 2.45) is 0 Å². The number of anilines is 2. The van der Waals surface area contributed by atoms with Crippen molar-refractivity contribution in [1.82, 2.24) is 4.98 Å². The molecule has 0 aliphatic rings. The quantitative estimate of drug-likeness (QED) is 0.723. The average Bonchev–Trinajstić information content (AvgIpc) is 3.03. The lowest BCUT2D eigenvalue weighted by molar-refractivity contribution is 0.555. The Bertz CT molecular complexity index is 773.